The third-order valence-electron chi connectivity index (χ3n) is 1.95. The number of carboxylic acids is 1. The number of alkyl halides is 1. The number of rotatable bonds is 3. The molecule has 1 rings (SSSR count). The van der Waals surface area contributed by atoms with Crippen LogP contribution in [0.1, 0.15) is 6.42 Å². The van der Waals surface area contributed by atoms with E-state index < -0.39 is 18.6 Å². The van der Waals surface area contributed by atoms with Crippen LogP contribution in [0.5, 0.6) is 0 Å². The van der Waals surface area contributed by atoms with Crippen molar-refractivity contribution in [2.24, 2.45) is 0 Å². The Kier molecular flexibility index (Phi) is 3.27. The first-order chi connectivity index (χ1) is 6.06. The number of likely N-dealkylation sites (tertiary alicyclic amines) is 1. The van der Waals surface area contributed by atoms with Crippen molar-refractivity contribution in [3.8, 4) is 0 Å². The Morgan fingerprint density at radius 2 is 2.38 bits per heavy atom. The van der Waals surface area contributed by atoms with E-state index in [2.05, 4.69) is 15.9 Å². The molecular weight excluding hydrogens is 242 g/mol. The topological polar surface area (TPSA) is 77.8 Å². The summed E-state index contributed by atoms with van der Waals surface area (Å²) in [7, 11) is 0. The van der Waals surface area contributed by atoms with E-state index in [0.717, 1.165) is 0 Å². The summed E-state index contributed by atoms with van der Waals surface area (Å²) in [6.45, 7) is -0.197. The van der Waals surface area contributed by atoms with Crippen LogP contribution in [0.4, 0.5) is 0 Å². The molecule has 13 heavy (non-hydrogen) atoms. The molecule has 0 saturated carbocycles. The summed E-state index contributed by atoms with van der Waals surface area (Å²) in [4.78, 5) is 23.0. The molecule has 2 N–H and O–H groups in total. The molecule has 0 spiro atoms. The first-order valence-electron chi connectivity index (χ1n) is 3.83. The van der Waals surface area contributed by atoms with Gasteiger partial charge in [0.25, 0.3) is 0 Å². The van der Waals surface area contributed by atoms with Crippen LogP contribution in [-0.2, 0) is 9.59 Å². The van der Waals surface area contributed by atoms with Gasteiger partial charge < -0.3 is 15.1 Å². The highest BCUT2D eigenvalue weighted by Crippen LogP contribution is 2.20. The molecule has 1 saturated heterocycles. The van der Waals surface area contributed by atoms with Crippen molar-refractivity contribution >= 4 is 27.8 Å². The number of carboxylic acid groups (broad SMARTS) is 1. The fourth-order valence-electron chi connectivity index (χ4n) is 1.30. The summed E-state index contributed by atoms with van der Waals surface area (Å²) in [5, 5.41) is 17.4. The predicted molar refractivity (Wildman–Crippen MR) is 47.6 cm³/mol. The first-order valence-corrected chi connectivity index (χ1v) is 4.75. The van der Waals surface area contributed by atoms with Crippen LogP contribution in [-0.4, -0.2) is 51.0 Å². The van der Waals surface area contributed by atoms with E-state index in [1.165, 1.54) is 4.90 Å². The Bertz CT molecular complexity index is 233. The molecule has 74 valence electrons. The molecule has 1 fully saturated rings. The Hall–Kier alpha value is -0.620. The zero-order chi connectivity index (χ0) is 10.0. The van der Waals surface area contributed by atoms with Crippen molar-refractivity contribution in [1.29, 1.82) is 0 Å². The minimum atomic E-state index is -1.17. The second-order valence-corrected chi connectivity index (χ2v) is 4.18. The molecule has 0 aliphatic carbocycles. The van der Waals surface area contributed by atoms with Crippen molar-refractivity contribution < 1.29 is 19.8 Å². The second kappa shape index (κ2) is 4.06. The summed E-state index contributed by atoms with van der Waals surface area (Å²) in [5.74, 6) is -1.40. The van der Waals surface area contributed by atoms with Gasteiger partial charge >= 0.3 is 5.97 Å². The average Bonchev–Trinajstić information content (AvgIpc) is 2.31. The molecule has 1 aliphatic rings. The molecule has 0 aromatic heterocycles. The van der Waals surface area contributed by atoms with E-state index in [1.807, 2.05) is 0 Å². The number of aliphatic carboxylic acids is 1. The van der Waals surface area contributed by atoms with Crippen molar-refractivity contribution in [1.82, 2.24) is 4.90 Å². The summed E-state index contributed by atoms with van der Waals surface area (Å²) in [6.07, 6.45) is 0.295. The molecule has 1 unspecified atom stereocenters. The summed E-state index contributed by atoms with van der Waals surface area (Å²) in [5.41, 5.74) is 0. The van der Waals surface area contributed by atoms with E-state index in [0.29, 0.717) is 13.0 Å². The lowest BCUT2D eigenvalue weighted by Crippen LogP contribution is -2.44. The van der Waals surface area contributed by atoms with E-state index in [4.69, 9.17) is 10.2 Å². The highest BCUT2D eigenvalue weighted by atomic mass is 79.9. The number of carbonyl (C=O) groups is 2. The lowest BCUT2D eigenvalue weighted by Gasteiger charge is -2.21. The molecule has 6 heteroatoms. The number of amides is 1. The van der Waals surface area contributed by atoms with Crippen LogP contribution in [0, 0.1) is 0 Å². The fraction of sp³-hybridized carbons (Fsp3) is 0.714. The Balaban J connectivity index is 2.69. The summed E-state index contributed by atoms with van der Waals surface area (Å²) >= 11 is 3.23. The minimum Gasteiger partial charge on any atom is -0.480 e. The SMILES string of the molecule is O=C(O)[C@H](CO)N1CC(Br)CC1=O. The number of carbonyl (C=O) groups excluding carboxylic acids is 1. The molecule has 1 amide bonds. The zero-order valence-electron chi connectivity index (χ0n) is 6.81. The van der Waals surface area contributed by atoms with Gasteiger partial charge in [0.1, 0.15) is 0 Å². The van der Waals surface area contributed by atoms with E-state index in [-0.39, 0.29) is 10.7 Å². The van der Waals surface area contributed by atoms with Crippen LogP contribution < -0.4 is 0 Å². The molecule has 0 aromatic rings. The second-order valence-electron chi connectivity index (χ2n) is 2.88. The number of hydrogen-bond donors (Lipinski definition) is 2. The van der Waals surface area contributed by atoms with Crippen LogP contribution in [0.15, 0.2) is 0 Å². The number of hydrogen-bond acceptors (Lipinski definition) is 3. The lowest BCUT2D eigenvalue weighted by molar-refractivity contribution is -0.149. The van der Waals surface area contributed by atoms with Crippen molar-refractivity contribution in [3.63, 3.8) is 0 Å². The summed E-state index contributed by atoms with van der Waals surface area (Å²) < 4.78 is 0. The molecule has 2 atom stereocenters. The van der Waals surface area contributed by atoms with Gasteiger partial charge in [0.2, 0.25) is 5.91 Å². The maximum absolute atomic E-state index is 11.2. The highest BCUT2D eigenvalue weighted by Gasteiger charge is 2.36. The highest BCUT2D eigenvalue weighted by molar-refractivity contribution is 9.09. The van der Waals surface area contributed by atoms with Gasteiger partial charge in [-0.3, -0.25) is 4.79 Å². The Morgan fingerprint density at radius 3 is 2.69 bits per heavy atom. The first kappa shape index (κ1) is 10.5. The van der Waals surface area contributed by atoms with E-state index in [1.54, 1.807) is 0 Å². The molecule has 1 heterocycles. The number of aliphatic hydroxyl groups excluding tert-OH is 1. The Labute approximate surface area is 83.5 Å². The van der Waals surface area contributed by atoms with Gasteiger partial charge in [0, 0.05) is 17.8 Å². The van der Waals surface area contributed by atoms with Crippen molar-refractivity contribution in [2.75, 3.05) is 13.2 Å². The molecule has 0 radical (unpaired) electrons. The van der Waals surface area contributed by atoms with Crippen LogP contribution in [0.25, 0.3) is 0 Å². The summed E-state index contributed by atoms with van der Waals surface area (Å²) in [6, 6.07) is -1.10. The monoisotopic (exact) mass is 251 g/mol. The zero-order valence-corrected chi connectivity index (χ0v) is 8.40. The van der Waals surface area contributed by atoms with Gasteiger partial charge in [-0.2, -0.15) is 0 Å². The van der Waals surface area contributed by atoms with Crippen molar-refractivity contribution in [3.05, 3.63) is 0 Å². The quantitative estimate of drug-likeness (QED) is 0.659. The van der Waals surface area contributed by atoms with Crippen molar-refractivity contribution in [2.45, 2.75) is 17.3 Å². The Morgan fingerprint density at radius 1 is 1.77 bits per heavy atom. The smallest absolute Gasteiger partial charge is 0.328 e. The molecule has 5 nitrogen and oxygen atoms in total. The fourth-order valence-corrected chi connectivity index (χ4v) is 1.89. The molecule has 0 bridgehead atoms. The maximum Gasteiger partial charge on any atom is 0.328 e. The molecular formula is C7H10BrNO4. The average molecular weight is 252 g/mol. The third-order valence-corrected chi connectivity index (χ3v) is 2.56. The number of nitrogens with zero attached hydrogens (tertiary/aromatic N) is 1. The molecule has 1 aliphatic heterocycles. The van der Waals surface area contributed by atoms with Gasteiger partial charge in [-0.1, -0.05) is 15.9 Å². The minimum absolute atomic E-state index is 0.00611. The standard InChI is InChI=1S/C7H10BrNO4/c8-4-1-6(11)9(2-4)5(3-10)7(12)13/h4-5,10H,1-3H2,(H,12,13)/t4?,5-/m0/s1. The van der Waals surface area contributed by atoms with Crippen LogP contribution in [0.3, 0.4) is 0 Å². The normalized spacial score (nSPS) is 24.9. The third kappa shape index (κ3) is 2.19. The molecule has 0 aromatic carbocycles. The van der Waals surface area contributed by atoms with Gasteiger partial charge in [-0.15, -0.1) is 0 Å². The van der Waals surface area contributed by atoms with Gasteiger partial charge in [-0.05, 0) is 0 Å². The number of aliphatic hydroxyl groups is 1. The lowest BCUT2D eigenvalue weighted by atomic mass is 10.3. The largest absolute Gasteiger partial charge is 0.480 e. The number of halogens is 1. The predicted octanol–water partition coefficient (Wildman–Crippen LogP) is -0.572. The van der Waals surface area contributed by atoms with Gasteiger partial charge in [-0.25, -0.2) is 4.79 Å². The van der Waals surface area contributed by atoms with Gasteiger partial charge in [0.15, 0.2) is 6.04 Å². The maximum atomic E-state index is 11.2. The van der Waals surface area contributed by atoms with E-state index in [9.17, 15) is 9.59 Å². The van der Waals surface area contributed by atoms with Crippen LogP contribution >= 0.6 is 15.9 Å². The van der Waals surface area contributed by atoms with E-state index >= 15 is 0 Å². The van der Waals surface area contributed by atoms with Gasteiger partial charge in [0.05, 0.1) is 6.61 Å². The van der Waals surface area contributed by atoms with Crippen LogP contribution in [0.2, 0.25) is 0 Å².